The molecule has 3 nitrogen and oxygen atoms in total. The zero-order valence-electron chi connectivity index (χ0n) is 10.1. The summed E-state index contributed by atoms with van der Waals surface area (Å²) in [7, 11) is 0. The summed E-state index contributed by atoms with van der Waals surface area (Å²) < 4.78 is 13.8. The van der Waals surface area contributed by atoms with E-state index in [1.807, 2.05) is 13.0 Å². The van der Waals surface area contributed by atoms with Gasteiger partial charge in [0.05, 0.1) is 10.4 Å². The molecular formula is C13H15BrFNO2. The van der Waals surface area contributed by atoms with E-state index in [9.17, 15) is 9.18 Å². The first kappa shape index (κ1) is 13.5. The second-order valence-electron chi connectivity index (χ2n) is 4.86. The Morgan fingerprint density at radius 3 is 2.83 bits per heavy atom. The highest BCUT2D eigenvalue weighted by Crippen LogP contribution is 2.25. The first-order valence-electron chi connectivity index (χ1n) is 5.86. The topological polar surface area (TPSA) is 40.5 Å². The van der Waals surface area contributed by atoms with Gasteiger partial charge in [-0.1, -0.05) is 13.0 Å². The van der Waals surface area contributed by atoms with Crippen LogP contribution in [-0.2, 0) is 11.3 Å². The van der Waals surface area contributed by atoms with Crippen molar-refractivity contribution in [3.63, 3.8) is 0 Å². The molecule has 0 aromatic heterocycles. The van der Waals surface area contributed by atoms with E-state index in [-0.39, 0.29) is 17.7 Å². The van der Waals surface area contributed by atoms with Gasteiger partial charge >= 0.3 is 5.97 Å². The molecule has 18 heavy (non-hydrogen) atoms. The van der Waals surface area contributed by atoms with Crippen LogP contribution in [0.5, 0.6) is 0 Å². The van der Waals surface area contributed by atoms with Crippen LogP contribution in [0.4, 0.5) is 4.39 Å². The minimum atomic E-state index is -0.744. The molecule has 1 aromatic rings. The standard InChI is InChI=1S/C13H15BrFNO2/c1-8-5-16(7-10(8)13(17)18)6-9-2-3-11(14)12(15)4-9/h2-4,8,10H,5-7H2,1H3,(H,17,18). The fourth-order valence-corrected chi connectivity index (χ4v) is 2.66. The molecule has 1 aliphatic rings. The maximum atomic E-state index is 13.4. The predicted molar refractivity (Wildman–Crippen MR) is 69.7 cm³/mol. The van der Waals surface area contributed by atoms with Crippen LogP contribution >= 0.6 is 15.9 Å². The normalized spacial score (nSPS) is 24.4. The molecule has 1 heterocycles. The summed E-state index contributed by atoms with van der Waals surface area (Å²) in [6.07, 6.45) is 0. The number of carbonyl (C=O) groups is 1. The largest absolute Gasteiger partial charge is 0.481 e. The van der Waals surface area contributed by atoms with E-state index in [0.29, 0.717) is 17.6 Å². The van der Waals surface area contributed by atoms with Crippen LogP contribution in [-0.4, -0.2) is 29.1 Å². The summed E-state index contributed by atoms with van der Waals surface area (Å²) in [6, 6.07) is 5.02. The van der Waals surface area contributed by atoms with Gasteiger partial charge in [0.1, 0.15) is 5.82 Å². The van der Waals surface area contributed by atoms with Crippen LogP contribution in [0.1, 0.15) is 12.5 Å². The molecule has 0 amide bonds. The number of halogens is 2. The van der Waals surface area contributed by atoms with Crippen molar-refractivity contribution in [1.82, 2.24) is 4.90 Å². The van der Waals surface area contributed by atoms with Crippen molar-refractivity contribution in [3.8, 4) is 0 Å². The Hall–Kier alpha value is -0.940. The number of aliphatic carboxylic acids is 1. The van der Waals surface area contributed by atoms with E-state index >= 15 is 0 Å². The van der Waals surface area contributed by atoms with E-state index in [1.54, 1.807) is 6.07 Å². The second-order valence-corrected chi connectivity index (χ2v) is 5.72. The molecule has 2 unspecified atom stereocenters. The maximum absolute atomic E-state index is 13.4. The van der Waals surface area contributed by atoms with Gasteiger partial charge in [-0.2, -0.15) is 0 Å². The van der Waals surface area contributed by atoms with Crippen LogP contribution in [0.25, 0.3) is 0 Å². The van der Waals surface area contributed by atoms with E-state index in [2.05, 4.69) is 20.8 Å². The lowest BCUT2D eigenvalue weighted by Gasteiger charge is -2.15. The third-order valence-corrected chi connectivity index (χ3v) is 4.04. The van der Waals surface area contributed by atoms with Crippen LogP contribution < -0.4 is 0 Å². The number of carboxylic acid groups (broad SMARTS) is 1. The lowest BCUT2D eigenvalue weighted by Crippen LogP contribution is -2.23. The number of hydrogen-bond donors (Lipinski definition) is 1. The SMILES string of the molecule is CC1CN(Cc2ccc(Br)c(F)c2)CC1C(=O)O. The fraction of sp³-hybridized carbons (Fsp3) is 0.462. The highest BCUT2D eigenvalue weighted by molar-refractivity contribution is 9.10. The van der Waals surface area contributed by atoms with Gasteiger partial charge < -0.3 is 5.11 Å². The number of likely N-dealkylation sites (tertiary alicyclic amines) is 1. The quantitative estimate of drug-likeness (QED) is 0.932. The summed E-state index contributed by atoms with van der Waals surface area (Å²) in [5, 5.41) is 9.06. The molecule has 0 saturated carbocycles. The molecule has 2 rings (SSSR count). The molecule has 5 heteroatoms. The summed E-state index contributed by atoms with van der Waals surface area (Å²) in [5.74, 6) is -1.20. The number of benzene rings is 1. The van der Waals surface area contributed by atoms with Crippen molar-refractivity contribution in [2.75, 3.05) is 13.1 Å². The Balaban J connectivity index is 2.03. The predicted octanol–water partition coefficient (Wildman–Crippen LogP) is 2.74. The molecule has 1 saturated heterocycles. The van der Waals surface area contributed by atoms with Gasteiger partial charge in [0.25, 0.3) is 0 Å². The molecule has 1 fully saturated rings. The molecule has 0 bridgehead atoms. The Labute approximate surface area is 114 Å². The third-order valence-electron chi connectivity index (χ3n) is 3.40. The molecule has 0 radical (unpaired) electrons. The Kier molecular flexibility index (Phi) is 4.02. The van der Waals surface area contributed by atoms with Crippen LogP contribution in [0, 0.1) is 17.7 Å². The Bertz CT molecular complexity index is 466. The van der Waals surface area contributed by atoms with Gasteiger partial charge in [0.2, 0.25) is 0 Å². The zero-order chi connectivity index (χ0) is 13.3. The lowest BCUT2D eigenvalue weighted by molar-refractivity contribution is -0.142. The Morgan fingerprint density at radius 2 is 2.28 bits per heavy atom. The van der Waals surface area contributed by atoms with Gasteiger partial charge in [0, 0.05) is 19.6 Å². The van der Waals surface area contributed by atoms with E-state index in [4.69, 9.17) is 5.11 Å². The molecule has 0 aliphatic carbocycles. The zero-order valence-corrected chi connectivity index (χ0v) is 11.7. The van der Waals surface area contributed by atoms with Gasteiger partial charge in [-0.05, 0) is 39.5 Å². The molecule has 1 N–H and O–H groups in total. The summed E-state index contributed by atoms with van der Waals surface area (Å²) >= 11 is 3.11. The third kappa shape index (κ3) is 2.90. The van der Waals surface area contributed by atoms with Gasteiger partial charge in [-0.25, -0.2) is 4.39 Å². The van der Waals surface area contributed by atoms with Crippen molar-refractivity contribution < 1.29 is 14.3 Å². The smallest absolute Gasteiger partial charge is 0.308 e. The van der Waals surface area contributed by atoms with Crippen molar-refractivity contribution >= 4 is 21.9 Å². The number of rotatable bonds is 3. The summed E-state index contributed by atoms with van der Waals surface area (Å²) in [6.45, 7) is 3.82. The van der Waals surface area contributed by atoms with E-state index in [0.717, 1.165) is 12.1 Å². The van der Waals surface area contributed by atoms with Gasteiger partial charge in [-0.3, -0.25) is 9.69 Å². The van der Waals surface area contributed by atoms with E-state index < -0.39 is 5.97 Å². The van der Waals surface area contributed by atoms with E-state index in [1.165, 1.54) is 6.07 Å². The number of nitrogens with zero attached hydrogens (tertiary/aromatic N) is 1. The maximum Gasteiger partial charge on any atom is 0.308 e. The fourth-order valence-electron chi connectivity index (χ4n) is 2.41. The molecule has 98 valence electrons. The van der Waals surface area contributed by atoms with Crippen molar-refractivity contribution in [2.45, 2.75) is 13.5 Å². The minimum Gasteiger partial charge on any atom is -0.481 e. The highest BCUT2D eigenvalue weighted by atomic mass is 79.9. The molecule has 0 spiro atoms. The molecule has 2 atom stereocenters. The van der Waals surface area contributed by atoms with Gasteiger partial charge in [0.15, 0.2) is 0 Å². The summed E-state index contributed by atoms with van der Waals surface area (Å²) in [5.41, 5.74) is 0.869. The molecule has 1 aromatic carbocycles. The first-order valence-corrected chi connectivity index (χ1v) is 6.65. The van der Waals surface area contributed by atoms with Crippen LogP contribution in [0.15, 0.2) is 22.7 Å². The van der Waals surface area contributed by atoms with Crippen molar-refractivity contribution in [2.24, 2.45) is 11.8 Å². The minimum absolute atomic E-state index is 0.141. The number of carboxylic acids is 1. The second kappa shape index (κ2) is 5.36. The average molecular weight is 316 g/mol. The average Bonchev–Trinajstić information content (AvgIpc) is 2.65. The Morgan fingerprint density at radius 1 is 1.56 bits per heavy atom. The van der Waals surface area contributed by atoms with Crippen molar-refractivity contribution in [3.05, 3.63) is 34.1 Å². The molecular weight excluding hydrogens is 301 g/mol. The molecule has 1 aliphatic heterocycles. The van der Waals surface area contributed by atoms with Crippen LogP contribution in [0.3, 0.4) is 0 Å². The highest BCUT2D eigenvalue weighted by Gasteiger charge is 2.34. The van der Waals surface area contributed by atoms with Crippen molar-refractivity contribution in [1.29, 1.82) is 0 Å². The summed E-state index contributed by atoms with van der Waals surface area (Å²) in [4.78, 5) is 13.1. The monoisotopic (exact) mass is 315 g/mol. The first-order chi connectivity index (χ1) is 8.47. The number of hydrogen-bond acceptors (Lipinski definition) is 2. The lowest BCUT2D eigenvalue weighted by atomic mass is 9.99. The van der Waals surface area contributed by atoms with Gasteiger partial charge in [-0.15, -0.1) is 0 Å². The van der Waals surface area contributed by atoms with Crippen LogP contribution in [0.2, 0.25) is 0 Å².